The van der Waals surface area contributed by atoms with Gasteiger partial charge >= 0.3 is 0 Å². The lowest BCUT2D eigenvalue weighted by atomic mass is 9.79. The third kappa shape index (κ3) is 4.04. The minimum absolute atomic E-state index is 0.0276. The number of carbonyl (C=O) groups is 2. The van der Waals surface area contributed by atoms with Crippen LogP contribution < -0.4 is 5.73 Å². The molecule has 142 valence electrons. The van der Waals surface area contributed by atoms with Crippen LogP contribution in [0.25, 0.3) is 0 Å². The van der Waals surface area contributed by atoms with Gasteiger partial charge in [-0.05, 0) is 48.9 Å². The molecule has 0 spiro atoms. The van der Waals surface area contributed by atoms with E-state index in [0.717, 1.165) is 19.3 Å². The van der Waals surface area contributed by atoms with Crippen LogP contribution >= 0.6 is 11.6 Å². The minimum atomic E-state index is -0.120. The maximum Gasteiger partial charge on any atom is 0.253 e. The summed E-state index contributed by atoms with van der Waals surface area (Å²) in [6.45, 7) is 6.83. The topological polar surface area (TPSA) is 66.6 Å². The highest BCUT2D eigenvalue weighted by Crippen LogP contribution is 2.30. The van der Waals surface area contributed by atoms with Crippen LogP contribution in [0.3, 0.4) is 0 Å². The molecule has 2 saturated heterocycles. The SMILES string of the molecule is CC1(C)CN(C(=O)C2CCCN(C(=O)c3ccc(Cl)cc3)C2)CCC1N. The largest absolute Gasteiger partial charge is 0.342 e. The van der Waals surface area contributed by atoms with E-state index in [2.05, 4.69) is 13.8 Å². The summed E-state index contributed by atoms with van der Waals surface area (Å²) >= 11 is 5.90. The Kier molecular flexibility index (Phi) is 5.58. The average Bonchev–Trinajstić information content (AvgIpc) is 2.63. The number of benzene rings is 1. The summed E-state index contributed by atoms with van der Waals surface area (Å²) in [4.78, 5) is 29.5. The summed E-state index contributed by atoms with van der Waals surface area (Å²) in [7, 11) is 0. The Labute approximate surface area is 160 Å². The summed E-state index contributed by atoms with van der Waals surface area (Å²) in [5, 5.41) is 0.610. The van der Waals surface area contributed by atoms with E-state index in [1.807, 2.05) is 4.90 Å². The van der Waals surface area contributed by atoms with Gasteiger partial charge in [-0.15, -0.1) is 0 Å². The van der Waals surface area contributed by atoms with Crippen LogP contribution in [0.15, 0.2) is 24.3 Å². The van der Waals surface area contributed by atoms with E-state index in [1.54, 1.807) is 29.2 Å². The summed E-state index contributed by atoms with van der Waals surface area (Å²) in [6.07, 6.45) is 2.53. The van der Waals surface area contributed by atoms with Gasteiger partial charge in [-0.2, -0.15) is 0 Å². The molecule has 2 fully saturated rings. The molecule has 2 atom stereocenters. The summed E-state index contributed by atoms with van der Waals surface area (Å²) in [5.41, 5.74) is 6.74. The number of carbonyl (C=O) groups excluding carboxylic acids is 2. The lowest BCUT2D eigenvalue weighted by Gasteiger charge is -2.44. The first kappa shape index (κ1) is 19.2. The van der Waals surface area contributed by atoms with Crippen LogP contribution in [0.2, 0.25) is 5.02 Å². The molecule has 0 aromatic heterocycles. The van der Waals surface area contributed by atoms with Crippen LogP contribution in [0.5, 0.6) is 0 Å². The van der Waals surface area contributed by atoms with Gasteiger partial charge in [-0.3, -0.25) is 9.59 Å². The normalized spacial score (nSPS) is 25.8. The predicted molar refractivity (Wildman–Crippen MR) is 103 cm³/mol. The highest BCUT2D eigenvalue weighted by molar-refractivity contribution is 6.30. The van der Waals surface area contributed by atoms with Gasteiger partial charge in [0.25, 0.3) is 5.91 Å². The third-order valence-corrected chi connectivity index (χ3v) is 6.02. The maximum absolute atomic E-state index is 13.0. The Morgan fingerprint density at radius 3 is 2.46 bits per heavy atom. The number of halogens is 1. The first-order valence-corrected chi connectivity index (χ1v) is 9.75. The Hall–Kier alpha value is -1.59. The molecule has 2 aliphatic heterocycles. The van der Waals surface area contributed by atoms with Gasteiger partial charge in [0.1, 0.15) is 0 Å². The lowest BCUT2D eigenvalue weighted by molar-refractivity contribution is -0.140. The number of hydrogen-bond acceptors (Lipinski definition) is 3. The summed E-state index contributed by atoms with van der Waals surface area (Å²) < 4.78 is 0. The molecule has 6 heteroatoms. The average molecular weight is 378 g/mol. The Morgan fingerprint density at radius 2 is 1.81 bits per heavy atom. The summed E-state index contributed by atoms with van der Waals surface area (Å²) in [5.74, 6) is 0.0175. The highest BCUT2D eigenvalue weighted by atomic mass is 35.5. The van der Waals surface area contributed by atoms with Crippen molar-refractivity contribution in [3.8, 4) is 0 Å². The number of amides is 2. The van der Waals surface area contributed by atoms with Crippen molar-refractivity contribution >= 4 is 23.4 Å². The molecule has 2 aliphatic rings. The molecule has 0 bridgehead atoms. The minimum Gasteiger partial charge on any atom is -0.342 e. The lowest BCUT2D eigenvalue weighted by Crippen LogP contribution is -2.56. The molecule has 0 aliphatic carbocycles. The second kappa shape index (κ2) is 7.57. The number of nitrogens with two attached hydrogens (primary N) is 1. The van der Waals surface area contributed by atoms with Crippen molar-refractivity contribution in [1.82, 2.24) is 9.80 Å². The van der Waals surface area contributed by atoms with E-state index in [-0.39, 0.29) is 29.2 Å². The molecule has 2 N–H and O–H groups in total. The zero-order valence-corrected chi connectivity index (χ0v) is 16.3. The van der Waals surface area contributed by atoms with E-state index >= 15 is 0 Å². The quantitative estimate of drug-likeness (QED) is 0.861. The zero-order valence-electron chi connectivity index (χ0n) is 15.6. The van der Waals surface area contributed by atoms with Crippen LogP contribution in [0, 0.1) is 11.3 Å². The molecule has 0 saturated carbocycles. The Balaban J connectivity index is 1.65. The van der Waals surface area contributed by atoms with Gasteiger partial charge in [0.2, 0.25) is 5.91 Å². The zero-order chi connectivity index (χ0) is 18.9. The van der Waals surface area contributed by atoms with Gasteiger partial charge in [-0.1, -0.05) is 25.4 Å². The number of hydrogen-bond donors (Lipinski definition) is 1. The van der Waals surface area contributed by atoms with Crippen molar-refractivity contribution < 1.29 is 9.59 Å². The van der Waals surface area contributed by atoms with Gasteiger partial charge in [0, 0.05) is 42.8 Å². The van der Waals surface area contributed by atoms with Gasteiger partial charge < -0.3 is 15.5 Å². The molecule has 2 unspecified atom stereocenters. The van der Waals surface area contributed by atoms with E-state index in [4.69, 9.17) is 17.3 Å². The van der Waals surface area contributed by atoms with Crippen molar-refractivity contribution in [2.45, 2.75) is 39.2 Å². The van der Waals surface area contributed by atoms with Crippen LogP contribution in [0.4, 0.5) is 0 Å². The number of likely N-dealkylation sites (tertiary alicyclic amines) is 2. The Bertz CT molecular complexity index is 674. The standard InChI is InChI=1S/C20H28ClN3O2/c1-20(2)13-24(11-9-17(20)22)19(26)15-4-3-10-23(12-15)18(25)14-5-7-16(21)8-6-14/h5-8,15,17H,3-4,9-13,22H2,1-2H3. The molecule has 26 heavy (non-hydrogen) atoms. The van der Waals surface area contributed by atoms with E-state index in [9.17, 15) is 9.59 Å². The predicted octanol–water partition coefficient (Wildman–Crippen LogP) is 2.78. The second-order valence-electron chi connectivity index (χ2n) is 8.24. The van der Waals surface area contributed by atoms with E-state index < -0.39 is 0 Å². The monoisotopic (exact) mass is 377 g/mol. The maximum atomic E-state index is 13.0. The molecule has 3 rings (SSSR count). The van der Waals surface area contributed by atoms with Gasteiger partial charge in [0.05, 0.1) is 5.92 Å². The summed E-state index contributed by atoms with van der Waals surface area (Å²) in [6, 6.07) is 7.05. The van der Waals surface area contributed by atoms with Crippen molar-refractivity contribution in [2.24, 2.45) is 17.1 Å². The van der Waals surface area contributed by atoms with Crippen molar-refractivity contribution in [2.75, 3.05) is 26.2 Å². The molecule has 1 aromatic rings. The Morgan fingerprint density at radius 1 is 1.12 bits per heavy atom. The molecular formula is C20H28ClN3O2. The highest BCUT2D eigenvalue weighted by Gasteiger charge is 2.38. The van der Waals surface area contributed by atoms with Crippen LogP contribution in [-0.2, 0) is 4.79 Å². The van der Waals surface area contributed by atoms with E-state index in [1.165, 1.54) is 0 Å². The van der Waals surface area contributed by atoms with Gasteiger partial charge in [0.15, 0.2) is 0 Å². The number of rotatable bonds is 2. The molecule has 2 heterocycles. The second-order valence-corrected chi connectivity index (χ2v) is 8.68. The number of piperidine rings is 2. The molecule has 2 amide bonds. The molecule has 5 nitrogen and oxygen atoms in total. The molecular weight excluding hydrogens is 350 g/mol. The number of nitrogens with zero attached hydrogens (tertiary/aromatic N) is 2. The van der Waals surface area contributed by atoms with Crippen LogP contribution in [-0.4, -0.2) is 53.8 Å². The van der Waals surface area contributed by atoms with E-state index in [0.29, 0.717) is 36.8 Å². The smallest absolute Gasteiger partial charge is 0.253 e. The fourth-order valence-electron chi connectivity index (χ4n) is 3.96. The van der Waals surface area contributed by atoms with Gasteiger partial charge in [-0.25, -0.2) is 0 Å². The molecule has 1 aromatic carbocycles. The molecule has 0 radical (unpaired) electrons. The fourth-order valence-corrected chi connectivity index (χ4v) is 4.08. The van der Waals surface area contributed by atoms with Crippen molar-refractivity contribution in [3.05, 3.63) is 34.9 Å². The van der Waals surface area contributed by atoms with Crippen molar-refractivity contribution in [1.29, 1.82) is 0 Å². The first-order chi connectivity index (χ1) is 12.3. The van der Waals surface area contributed by atoms with Crippen molar-refractivity contribution in [3.63, 3.8) is 0 Å². The van der Waals surface area contributed by atoms with Crippen LogP contribution in [0.1, 0.15) is 43.5 Å². The fraction of sp³-hybridized carbons (Fsp3) is 0.600. The first-order valence-electron chi connectivity index (χ1n) is 9.37. The third-order valence-electron chi connectivity index (χ3n) is 5.77.